The first-order valence-corrected chi connectivity index (χ1v) is 20.0. The minimum atomic E-state index is -1.11. The number of pyridine rings is 1. The number of carboxylic acids is 1. The van der Waals surface area contributed by atoms with Gasteiger partial charge >= 0.3 is 5.97 Å². The first-order valence-electron chi connectivity index (χ1n) is 19.2. The Balaban J connectivity index is 1.02. The van der Waals surface area contributed by atoms with Gasteiger partial charge in [-0.25, -0.2) is 14.8 Å². The zero-order valence-electron chi connectivity index (χ0n) is 32.3. The van der Waals surface area contributed by atoms with Gasteiger partial charge in [0.15, 0.2) is 10.8 Å². The van der Waals surface area contributed by atoms with Crippen molar-refractivity contribution < 1.29 is 19.4 Å². The van der Waals surface area contributed by atoms with Gasteiger partial charge in [0.25, 0.3) is 5.91 Å². The Morgan fingerprint density at radius 3 is 2.38 bits per heavy atom. The number of benzene rings is 3. The van der Waals surface area contributed by atoms with Crippen molar-refractivity contribution in [3.8, 4) is 22.4 Å². The van der Waals surface area contributed by atoms with Crippen molar-refractivity contribution in [2.75, 3.05) is 5.32 Å². The van der Waals surface area contributed by atoms with E-state index >= 15 is 0 Å². The Morgan fingerprint density at radius 1 is 0.891 bits per heavy atom. The van der Waals surface area contributed by atoms with Crippen molar-refractivity contribution in [1.29, 1.82) is 0 Å². The van der Waals surface area contributed by atoms with E-state index in [2.05, 4.69) is 49.6 Å². The molecule has 1 amide bonds. The highest BCUT2D eigenvalue weighted by Gasteiger charge is 2.66. The maximum atomic E-state index is 13.6. The van der Waals surface area contributed by atoms with Gasteiger partial charge in [0, 0.05) is 34.5 Å². The fraction of sp³-hybridized carbons (Fsp3) is 0.400. The Labute approximate surface area is 325 Å². The fourth-order valence-corrected chi connectivity index (χ4v) is 12.5. The minimum absolute atomic E-state index is 0.0329. The zero-order valence-corrected chi connectivity index (χ0v) is 33.1. The number of hydrogen-bond acceptors (Lipinski definition) is 7. The van der Waals surface area contributed by atoms with E-state index in [0.29, 0.717) is 27.5 Å². The van der Waals surface area contributed by atoms with Crippen LogP contribution in [-0.2, 0) is 11.3 Å². The number of nitrogens with one attached hydrogen (secondary N) is 1. The van der Waals surface area contributed by atoms with Gasteiger partial charge in [-0.05, 0) is 130 Å². The molecule has 4 aliphatic carbocycles. The van der Waals surface area contributed by atoms with Gasteiger partial charge in [-0.15, -0.1) is 0 Å². The van der Waals surface area contributed by atoms with Gasteiger partial charge in [0.2, 0.25) is 0 Å². The van der Waals surface area contributed by atoms with Crippen molar-refractivity contribution in [3.63, 3.8) is 0 Å². The summed E-state index contributed by atoms with van der Waals surface area (Å²) in [5, 5.41) is 20.5. The summed E-state index contributed by atoms with van der Waals surface area (Å²) in [4.78, 5) is 35.7. The zero-order chi connectivity index (χ0) is 38.5. The Bertz CT molecular complexity index is 2490. The average Bonchev–Trinajstić information content (AvgIpc) is 3.66. The number of ether oxygens (including phenoxy) is 1. The largest absolute Gasteiger partial charge is 0.476 e. The summed E-state index contributed by atoms with van der Waals surface area (Å²) in [6.07, 6.45) is 8.55. The molecule has 4 aliphatic rings. The molecule has 2 N–H and O–H groups in total. The molecule has 4 bridgehead atoms. The number of carboxylic acid groups (broad SMARTS) is 1. The second-order valence-corrected chi connectivity index (χ2v) is 19.5. The number of anilines is 1. The van der Waals surface area contributed by atoms with E-state index in [1.54, 1.807) is 12.3 Å². The van der Waals surface area contributed by atoms with Crippen LogP contribution >= 0.6 is 11.3 Å². The lowest BCUT2D eigenvalue weighted by Crippen LogP contribution is -2.65. The Kier molecular flexibility index (Phi) is 7.99. The number of para-hydroxylation sites is 1. The predicted molar refractivity (Wildman–Crippen MR) is 218 cm³/mol. The van der Waals surface area contributed by atoms with Gasteiger partial charge in [-0.3, -0.25) is 14.8 Å². The van der Waals surface area contributed by atoms with Crippen molar-refractivity contribution in [3.05, 3.63) is 95.9 Å². The van der Waals surface area contributed by atoms with Crippen LogP contribution in [0, 0.1) is 23.2 Å². The number of carbonyl (C=O) groups excluding carboxylic acids is 1. The molecular formula is C45H47N5O4S. The van der Waals surface area contributed by atoms with Crippen LogP contribution in [0.1, 0.15) is 99.7 Å². The molecule has 10 heteroatoms. The number of amides is 1. The molecule has 3 aromatic carbocycles. The second kappa shape index (κ2) is 12.3. The van der Waals surface area contributed by atoms with E-state index in [4.69, 9.17) is 14.8 Å². The van der Waals surface area contributed by atoms with Crippen LogP contribution in [-0.4, -0.2) is 47.9 Å². The summed E-state index contributed by atoms with van der Waals surface area (Å²) in [6, 6.07) is 22.8. The minimum Gasteiger partial charge on any atom is -0.476 e. The molecule has 2 unspecified atom stereocenters. The standard InChI is InChI=1S/C45H47N5O4S/c1-27-33(19-46-50(27)26-44-21-42(5)20-43(6,22-44)24-45(23-42,25-44)54-41(2,3)4)30-16-17-34(47-37(30)39(52)53)29-15-14-28-10-9-11-31(32(28)18-29)38(51)49-40-48-35-12-7-8-13-36(35)55-40/h7-19H,20-26H2,1-6H3,(H,52,53)(H,48,49,51). The molecule has 6 aromatic rings. The first kappa shape index (κ1) is 35.8. The molecular weight excluding hydrogens is 707 g/mol. The quantitative estimate of drug-likeness (QED) is 0.159. The van der Waals surface area contributed by atoms with Crippen LogP contribution in [0.15, 0.2) is 79.0 Å². The number of fused-ring (bicyclic) bond motifs is 2. The van der Waals surface area contributed by atoms with Crippen LogP contribution in [0.4, 0.5) is 5.13 Å². The predicted octanol–water partition coefficient (Wildman–Crippen LogP) is 10.6. The van der Waals surface area contributed by atoms with E-state index in [1.807, 2.05) is 73.7 Å². The lowest BCUT2D eigenvalue weighted by molar-refractivity contribution is -0.275. The highest BCUT2D eigenvalue weighted by atomic mass is 32.1. The molecule has 282 valence electrons. The molecule has 0 radical (unpaired) electrons. The molecule has 3 aromatic heterocycles. The Morgan fingerprint density at radius 2 is 1.65 bits per heavy atom. The number of nitrogens with zero attached hydrogens (tertiary/aromatic N) is 4. The molecule has 3 heterocycles. The SMILES string of the molecule is Cc1c(-c2ccc(-c3ccc4cccc(C(=O)Nc5nc6ccccc6s5)c4c3)nc2C(=O)O)cnn1CC12CC3(C)CC(C)(C1)CC(OC(C)(C)C)(C3)C2. The Hall–Kier alpha value is -4.93. The summed E-state index contributed by atoms with van der Waals surface area (Å²) in [5.41, 5.74) is 4.89. The molecule has 2 atom stereocenters. The number of hydrogen-bond donors (Lipinski definition) is 2. The lowest BCUT2D eigenvalue weighted by atomic mass is 9.39. The third kappa shape index (κ3) is 6.43. The highest BCUT2D eigenvalue weighted by molar-refractivity contribution is 7.22. The molecule has 55 heavy (non-hydrogen) atoms. The van der Waals surface area contributed by atoms with Crippen molar-refractivity contribution in [1.82, 2.24) is 19.7 Å². The van der Waals surface area contributed by atoms with E-state index in [1.165, 1.54) is 17.8 Å². The second-order valence-electron chi connectivity index (χ2n) is 18.5. The molecule has 10 rings (SSSR count). The maximum absolute atomic E-state index is 13.6. The molecule has 0 aliphatic heterocycles. The van der Waals surface area contributed by atoms with E-state index < -0.39 is 5.97 Å². The van der Waals surface area contributed by atoms with Crippen LogP contribution in [0.5, 0.6) is 0 Å². The summed E-state index contributed by atoms with van der Waals surface area (Å²) < 4.78 is 10.1. The van der Waals surface area contributed by atoms with Crippen molar-refractivity contribution >= 4 is 49.3 Å². The van der Waals surface area contributed by atoms with Crippen molar-refractivity contribution in [2.45, 2.75) is 97.8 Å². The van der Waals surface area contributed by atoms with Crippen LogP contribution in [0.25, 0.3) is 43.4 Å². The van der Waals surface area contributed by atoms with Gasteiger partial charge in [-0.2, -0.15) is 5.10 Å². The summed E-state index contributed by atoms with van der Waals surface area (Å²) in [6.45, 7) is 14.3. The number of aromatic carboxylic acids is 1. The highest BCUT2D eigenvalue weighted by Crippen LogP contribution is 2.72. The molecule has 9 nitrogen and oxygen atoms in total. The number of thiazole rings is 1. The van der Waals surface area contributed by atoms with Crippen LogP contribution in [0.2, 0.25) is 0 Å². The topological polar surface area (TPSA) is 119 Å². The summed E-state index contributed by atoms with van der Waals surface area (Å²) in [5.74, 6) is -1.37. The normalized spacial score (nSPS) is 25.9. The van der Waals surface area contributed by atoms with Crippen LogP contribution < -0.4 is 5.32 Å². The number of carbonyl (C=O) groups is 2. The third-order valence-corrected chi connectivity index (χ3v) is 13.0. The average molecular weight is 754 g/mol. The molecule has 0 saturated heterocycles. The summed E-state index contributed by atoms with van der Waals surface area (Å²) >= 11 is 1.43. The number of aromatic nitrogens is 4. The maximum Gasteiger partial charge on any atom is 0.355 e. The van der Waals surface area contributed by atoms with Crippen molar-refractivity contribution in [2.24, 2.45) is 16.2 Å². The molecule has 4 fully saturated rings. The van der Waals surface area contributed by atoms with Gasteiger partial charge < -0.3 is 9.84 Å². The van der Waals surface area contributed by atoms with Gasteiger partial charge in [0.1, 0.15) is 0 Å². The third-order valence-electron chi connectivity index (χ3n) is 12.1. The lowest BCUT2D eigenvalue weighted by Gasteiger charge is -2.70. The fourth-order valence-electron chi connectivity index (χ4n) is 11.7. The van der Waals surface area contributed by atoms with Gasteiger partial charge in [0.05, 0.1) is 33.3 Å². The first-order chi connectivity index (χ1) is 26.0. The van der Waals surface area contributed by atoms with Crippen LogP contribution in [0.3, 0.4) is 0 Å². The van der Waals surface area contributed by atoms with E-state index in [-0.39, 0.29) is 39.0 Å². The smallest absolute Gasteiger partial charge is 0.355 e. The monoisotopic (exact) mass is 753 g/mol. The summed E-state index contributed by atoms with van der Waals surface area (Å²) in [7, 11) is 0. The molecule has 0 spiro atoms. The van der Waals surface area contributed by atoms with E-state index in [0.717, 1.165) is 70.9 Å². The van der Waals surface area contributed by atoms with E-state index in [9.17, 15) is 14.7 Å². The number of rotatable bonds is 8. The van der Waals surface area contributed by atoms with Gasteiger partial charge in [-0.1, -0.05) is 61.6 Å². The molecule has 4 saturated carbocycles.